The highest BCUT2D eigenvalue weighted by Crippen LogP contribution is 2.45. The van der Waals surface area contributed by atoms with Gasteiger partial charge in [-0.2, -0.15) is 4.37 Å². The van der Waals surface area contributed by atoms with Crippen LogP contribution in [-0.2, 0) is 5.60 Å². The van der Waals surface area contributed by atoms with Gasteiger partial charge in [-0.1, -0.05) is 49.2 Å². The fourth-order valence-electron chi connectivity index (χ4n) is 2.13. The predicted octanol–water partition coefficient (Wildman–Crippen LogP) is 5.24. The topological polar surface area (TPSA) is 42.4 Å². The second-order valence-corrected chi connectivity index (χ2v) is 6.62. The maximum absolute atomic E-state index is 12.2. The van der Waals surface area contributed by atoms with Crippen molar-refractivity contribution in [1.29, 1.82) is 0 Å². The average Bonchev–Trinajstić information content (AvgIpc) is 2.77. The number of rotatable bonds is 4. The van der Waals surface area contributed by atoms with E-state index >= 15 is 0 Å². The van der Waals surface area contributed by atoms with Gasteiger partial charge in [0.05, 0.1) is 9.90 Å². The number of nitrogens with zero attached hydrogens (tertiary/aromatic N) is 1. The summed E-state index contributed by atoms with van der Waals surface area (Å²) in [5, 5.41) is 11.3. The zero-order chi connectivity index (χ0) is 17.4. The minimum absolute atomic E-state index is 0.0720. The van der Waals surface area contributed by atoms with E-state index < -0.39 is 12.0 Å². The van der Waals surface area contributed by atoms with Gasteiger partial charge in [0.25, 0.3) is 0 Å². The Bertz CT molecular complexity index is 688. The zero-order valence-electron chi connectivity index (χ0n) is 12.0. The van der Waals surface area contributed by atoms with Crippen molar-refractivity contribution in [2.45, 2.75) is 25.8 Å². The second-order valence-electron chi connectivity index (χ2n) is 5.11. The fourth-order valence-corrected chi connectivity index (χ4v) is 3.66. The molecule has 1 aromatic heterocycles. The van der Waals surface area contributed by atoms with Gasteiger partial charge in [-0.05, 0) is 35.1 Å². The summed E-state index contributed by atoms with van der Waals surface area (Å²) in [7, 11) is 0. The Morgan fingerprint density at radius 3 is 2.13 bits per heavy atom. The van der Waals surface area contributed by atoms with Crippen LogP contribution in [0.2, 0.25) is 10.2 Å². The fraction of sp³-hybridized carbons (Fsp3) is 0.357. The van der Waals surface area contributed by atoms with E-state index in [1.54, 1.807) is 13.8 Å². The van der Waals surface area contributed by atoms with E-state index in [4.69, 9.17) is 23.2 Å². The first-order valence-corrected chi connectivity index (χ1v) is 7.98. The molecule has 0 aliphatic heterocycles. The molecule has 1 N–H and O–H groups in total. The minimum atomic E-state index is -4.77. The van der Waals surface area contributed by atoms with Crippen molar-refractivity contribution in [1.82, 2.24) is 4.37 Å². The number of aliphatic hydroxyl groups is 1. The number of alkyl halides is 3. The lowest BCUT2D eigenvalue weighted by Gasteiger charge is -2.32. The van der Waals surface area contributed by atoms with Gasteiger partial charge in [0.2, 0.25) is 0 Å². The number of aromatic nitrogens is 1. The summed E-state index contributed by atoms with van der Waals surface area (Å²) in [5.41, 5.74) is -1.16. The number of halogens is 5. The molecule has 1 atom stereocenters. The quantitative estimate of drug-likeness (QED) is 0.782. The molecule has 1 aromatic carbocycles. The van der Waals surface area contributed by atoms with E-state index in [-0.39, 0.29) is 21.8 Å². The summed E-state index contributed by atoms with van der Waals surface area (Å²) in [4.78, 5) is 0.337. The molecule has 0 aliphatic carbocycles. The van der Waals surface area contributed by atoms with Crippen LogP contribution in [0, 0.1) is 5.92 Å². The maximum Gasteiger partial charge on any atom is 0.573 e. The van der Waals surface area contributed by atoms with Crippen molar-refractivity contribution in [3.05, 3.63) is 44.9 Å². The number of ether oxygens (including phenoxy) is 1. The average molecular weight is 386 g/mol. The highest BCUT2D eigenvalue weighted by atomic mass is 35.5. The van der Waals surface area contributed by atoms with E-state index in [0.29, 0.717) is 10.4 Å². The van der Waals surface area contributed by atoms with Crippen LogP contribution in [0.3, 0.4) is 0 Å². The molecule has 2 aromatic rings. The maximum atomic E-state index is 12.2. The lowest BCUT2D eigenvalue weighted by Crippen LogP contribution is -2.32. The van der Waals surface area contributed by atoms with Crippen LogP contribution in [0.4, 0.5) is 13.2 Å². The Balaban J connectivity index is 2.44. The van der Waals surface area contributed by atoms with Crippen LogP contribution in [0.5, 0.6) is 5.75 Å². The van der Waals surface area contributed by atoms with Crippen LogP contribution in [0.1, 0.15) is 24.3 Å². The summed E-state index contributed by atoms with van der Waals surface area (Å²) in [6.07, 6.45) is -4.77. The molecule has 0 radical (unpaired) electrons. The molecule has 0 fully saturated rings. The molecule has 0 bridgehead atoms. The Morgan fingerprint density at radius 2 is 1.74 bits per heavy atom. The van der Waals surface area contributed by atoms with Gasteiger partial charge in [0.15, 0.2) is 5.15 Å². The Labute approximate surface area is 144 Å². The first kappa shape index (κ1) is 18.3. The highest BCUT2D eigenvalue weighted by molar-refractivity contribution is 7.07. The summed E-state index contributed by atoms with van der Waals surface area (Å²) in [6.45, 7) is 3.51. The smallest absolute Gasteiger partial charge is 0.406 e. The Kier molecular flexibility index (Phi) is 5.15. The van der Waals surface area contributed by atoms with E-state index in [1.165, 1.54) is 12.1 Å². The van der Waals surface area contributed by atoms with Crippen LogP contribution in [-0.4, -0.2) is 15.8 Å². The molecule has 0 saturated carbocycles. The molecule has 0 amide bonds. The van der Waals surface area contributed by atoms with Crippen LogP contribution in [0.25, 0.3) is 0 Å². The first-order valence-electron chi connectivity index (χ1n) is 6.45. The van der Waals surface area contributed by atoms with Gasteiger partial charge < -0.3 is 9.84 Å². The molecule has 126 valence electrons. The van der Waals surface area contributed by atoms with Gasteiger partial charge in [-0.3, -0.25) is 0 Å². The predicted molar refractivity (Wildman–Crippen MR) is 83.1 cm³/mol. The third-order valence-electron chi connectivity index (χ3n) is 3.31. The molecule has 9 heteroatoms. The van der Waals surface area contributed by atoms with Crippen molar-refractivity contribution in [3.8, 4) is 5.75 Å². The Morgan fingerprint density at radius 1 is 1.17 bits per heavy atom. The van der Waals surface area contributed by atoms with E-state index in [1.807, 2.05) is 0 Å². The van der Waals surface area contributed by atoms with E-state index in [0.717, 1.165) is 23.7 Å². The van der Waals surface area contributed by atoms with Crippen LogP contribution < -0.4 is 4.74 Å². The van der Waals surface area contributed by atoms with Crippen molar-refractivity contribution in [2.75, 3.05) is 0 Å². The molecule has 1 unspecified atom stereocenters. The van der Waals surface area contributed by atoms with Crippen molar-refractivity contribution >= 4 is 34.7 Å². The third-order valence-corrected chi connectivity index (χ3v) is 5.23. The summed E-state index contributed by atoms with van der Waals surface area (Å²) < 4.78 is 44.4. The van der Waals surface area contributed by atoms with Gasteiger partial charge in [0, 0.05) is 0 Å². The van der Waals surface area contributed by atoms with E-state index in [2.05, 4.69) is 9.11 Å². The molecule has 1 heterocycles. The molecular formula is C14H12Cl2F3NO2S. The summed E-state index contributed by atoms with van der Waals surface area (Å²) in [6, 6.07) is 4.97. The molecular weight excluding hydrogens is 374 g/mol. The van der Waals surface area contributed by atoms with Crippen LogP contribution >= 0.6 is 34.7 Å². The van der Waals surface area contributed by atoms with Gasteiger partial charge in [0.1, 0.15) is 11.4 Å². The first-order chi connectivity index (χ1) is 10.6. The normalized spacial score (nSPS) is 14.8. The lowest BCUT2D eigenvalue weighted by molar-refractivity contribution is -0.274. The third kappa shape index (κ3) is 3.74. The second kappa shape index (κ2) is 6.47. The van der Waals surface area contributed by atoms with Crippen molar-refractivity contribution in [3.63, 3.8) is 0 Å². The number of benzene rings is 1. The van der Waals surface area contributed by atoms with Gasteiger partial charge in [-0.25, -0.2) is 0 Å². The van der Waals surface area contributed by atoms with Crippen molar-refractivity contribution < 1.29 is 23.0 Å². The molecule has 0 spiro atoms. The molecule has 0 aliphatic rings. The molecule has 3 nitrogen and oxygen atoms in total. The molecule has 0 saturated heterocycles. The van der Waals surface area contributed by atoms with Crippen molar-refractivity contribution in [2.24, 2.45) is 5.92 Å². The number of hydrogen-bond donors (Lipinski definition) is 1. The molecule has 2 rings (SSSR count). The standard InChI is InChI=1S/C14H12Cl2F3NO2S/c1-7(2)13(21,11-10(15)12(16)20-23-11)8-3-5-9(6-4-8)22-14(17,18)19/h3-7,21H,1-2H3. The summed E-state index contributed by atoms with van der Waals surface area (Å²) in [5.74, 6) is -0.702. The molecule has 23 heavy (non-hydrogen) atoms. The van der Waals surface area contributed by atoms with Gasteiger partial charge in [-0.15, -0.1) is 13.2 Å². The number of hydrogen-bond acceptors (Lipinski definition) is 4. The summed E-state index contributed by atoms with van der Waals surface area (Å²) >= 11 is 12.9. The Hall–Kier alpha value is -1.02. The monoisotopic (exact) mass is 385 g/mol. The lowest BCUT2D eigenvalue weighted by atomic mass is 9.82. The largest absolute Gasteiger partial charge is 0.573 e. The van der Waals surface area contributed by atoms with Gasteiger partial charge >= 0.3 is 6.36 Å². The SMILES string of the molecule is CC(C)C(O)(c1ccc(OC(F)(F)F)cc1)c1snc(Cl)c1Cl. The highest BCUT2D eigenvalue weighted by Gasteiger charge is 2.40. The van der Waals surface area contributed by atoms with Crippen LogP contribution in [0.15, 0.2) is 24.3 Å². The zero-order valence-corrected chi connectivity index (χ0v) is 14.3. The minimum Gasteiger partial charge on any atom is -0.406 e. The van der Waals surface area contributed by atoms with E-state index in [9.17, 15) is 18.3 Å².